The normalized spacial score (nSPS) is 16.3. The molecule has 0 radical (unpaired) electrons. The van der Waals surface area contributed by atoms with Crippen LogP contribution in [0.25, 0.3) is 0 Å². The Labute approximate surface area is 171 Å². The van der Waals surface area contributed by atoms with Gasteiger partial charge in [-0.05, 0) is 36.8 Å². The van der Waals surface area contributed by atoms with Gasteiger partial charge in [-0.25, -0.2) is 0 Å². The van der Waals surface area contributed by atoms with Crippen molar-refractivity contribution in [2.24, 2.45) is 5.92 Å². The number of hydrogen-bond acceptors (Lipinski definition) is 4. The molecule has 5 heteroatoms. The van der Waals surface area contributed by atoms with Gasteiger partial charge in [-0.3, -0.25) is 14.4 Å². The summed E-state index contributed by atoms with van der Waals surface area (Å²) in [5.41, 5.74) is 2.03. The van der Waals surface area contributed by atoms with Crippen LogP contribution < -0.4 is 0 Å². The maximum absolute atomic E-state index is 12.5. The lowest BCUT2D eigenvalue weighted by Crippen LogP contribution is -2.46. The van der Waals surface area contributed by atoms with Gasteiger partial charge in [0.25, 0.3) is 5.91 Å². The molecule has 1 fully saturated rings. The van der Waals surface area contributed by atoms with Crippen LogP contribution in [0.4, 0.5) is 0 Å². The zero-order valence-electron chi connectivity index (χ0n) is 16.6. The van der Waals surface area contributed by atoms with Crippen LogP contribution in [0.2, 0.25) is 0 Å². The van der Waals surface area contributed by atoms with E-state index in [1.165, 1.54) is 10.5 Å². The molecule has 1 atom stereocenters. The molecular weight excluding hydrogens is 366 g/mol. The highest BCUT2D eigenvalue weighted by Gasteiger charge is 2.31. The van der Waals surface area contributed by atoms with Crippen LogP contribution in [0.3, 0.4) is 0 Å². The first-order valence-corrected chi connectivity index (χ1v) is 10.2. The number of benzene rings is 2. The van der Waals surface area contributed by atoms with Crippen molar-refractivity contribution in [3.8, 4) is 0 Å². The minimum absolute atomic E-state index is 0.0881. The summed E-state index contributed by atoms with van der Waals surface area (Å²) >= 11 is 0. The summed E-state index contributed by atoms with van der Waals surface area (Å²) in [7, 11) is 0. The van der Waals surface area contributed by atoms with Crippen LogP contribution in [0, 0.1) is 5.92 Å². The number of nitrogens with zero attached hydrogens (tertiary/aromatic N) is 1. The predicted octanol–water partition coefficient (Wildman–Crippen LogP) is 3.21. The summed E-state index contributed by atoms with van der Waals surface area (Å²) in [5.74, 6) is -1.57. The number of carbonyl (C=O) groups excluding carboxylic acids is 3. The number of amides is 1. The second kappa shape index (κ2) is 10.6. The molecule has 5 nitrogen and oxygen atoms in total. The minimum atomic E-state index is -0.504. The molecule has 152 valence electrons. The average Bonchev–Trinajstić information content (AvgIpc) is 2.77. The van der Waals surface area contributed by atoms with E-state index in [9.17, 15) is 14.4 Å². The fourth-order valence-electron chi connectivity index (χ4n) is 3.60. The number of carbonyl (C=O) groups is 3. The van der Waals surface area contributed by atoms with Crippen LogP contribution >= 0.6 is 0 Å². The Bertz CT molecular complexity index is 819. The first-order chi connectivity index (χ1) is 14.1. The third-order valence-electron chi connectivity index (χ3n) is 5.18. The lowest BCUT2D eigenvalue weighted by Gasteiger charge is -2.31. The highest BCUT2D eigenvalue weighted by molar-refractivity contribution is 6.36. The number of hydrogen-bond donors (Lipinski definition) is 0. The standard InChI is InChI=1S/C24H27NO4/c26-22(17-20-11-5-2-6-12-20)23(27)25-15-7-14-21(18-25)24(28)29-16-8-13-19-9-3-1-4-10-19/h1-6,9-12,21H,7-8,13-18H2/t21-/m1/s1. The van der Waals surface area contributed by atoms with Crippen LogP contribution in [0.5, 0.6) is 0 Å². The molecule has 2 aromatic rings. The molecule has 0 N–H and O–H groups in total. The van der Waals surface area contributed by atoms with E-state index in [1.54, 1.807) is 0 Å². The molecule has 0 bridgehead atoms. The van der Waals surface area contributed by atoms with Crippen molar-refractivity contribution in [1.29, 1.82) is 0 Å². The highest BCUT2D eigenvalue weighted by atomic mass is 16.5. The summed E-state index contributed by atoms with van der Waals surface area (Å²) in [6.07, 6.45) is 3.10. The number of aryl methyl sites for hydroxylation is 1. The van der Waals surface area contributed by atoms with Crippen molar-refractivity contribution in [2.75, 3.05) is 19.7 Å². The van der Waals surface area contributed by atoms with E-state index in [0.717, 1.165) is 18.4 Å². The van der Waals surface area contributed by atoms with Crippen LogP contribution in [-0.2, 0) is 32.0 Å². The summed E-state index contributed by atoms with van der Waals surface area (Å²) in [5, 5.41) is 0. The SMILES string of the molecule is O=C(Cc1ccccc1)C(=O)N1CCC[C@@H](C(=O)OCCCc2ccccc2)C1. The molecule has 2 aromatic carbocycles. The van der Waals surface area contributed by atoms with Crippen molar-refractivity contribution >= 4 is 17.7 Å². The fraction of sp³-hybridized carbons (Fsp3) is 0.375. The smallest absolute Gasteiger partial charge is 0.310 e. The van der Waals surface area contributed by atoms with E-state index in [4.69, 9.17) is 4.74 Å². The second-order valence-corrected chi connectivity index (χ2v) is 7.43. The van der Waals surface area contributed by atoms with Gasteiger partial charge in [0.1, 0.15) is 0 Å². The maximum atomic E-state index is 12.5. The zero-order chi connectivity index (χ0) is 20.5. The average molecular weight is 393 g/mol. The highest BCUT2D eigenvalue weighted by Crippen LogP contribution is 2.19. The Hall–Kier alpha value is -2.95. The Morgan fingerprint density at radius 3 is 2.28 bits per heavy atom. The minimum Gasteiger partial charge on any atom is -0.465 e. The van der Waals surface area contributed by atoms with E-state index in [0.29, 0.717) is 26.0 Å². The van der Waals surface area contributed by atoms with E-state index >= 15 is 0 Å². The van der Waals surface area contributed by atoms with Crippen molar-refractivity contribution in [1.82, 2.24) is 4.90 Å². The molecule has 1 amide bonds. The molecule has 0 aliphatic carbocycles. The monoisotopic (exact) mass is 393 g/mol. The number of ketones is 1. The van der Waals surface area contributed by atoms with Crippen molar-refractivity contribution < 1.29 is 19.1 Å². The van der Waals surface area contributed by atoms with E-state index < -0.39 is 11.7 Å². The number of likely N-dealkylation sites (tertiary alicyclic amines) is 1. The second-order valence-electron chi connectivity index (χ2n) is 7.43. The third kappa shape index (κ3) is 6.28. The van der Waals surface area contributed by atoms with Gasteiger partial charge >= 0.3 is 5.97 Å². The van der Waals surface area contributed by atoms with Gasteiger partial charge in [0.05, 0.1) is 12.5 Å². The number of Topliss-reactive ketones (excluding diaryl/α,β-unsaturated/α-hetero) is 1. The molecular formula is C24H27NO4. The van der Waals surface area contributed by atoms with Gasteiger partial charge in [0, 0.05) is 19.5 Å². The van der Waals surface area contributed by atoms with Crippen molar-refractivity contribution in [2.45, 2.75) is 32.1 Å². The van der Waals surface area contributed by atoms with Crippen molar-refractivity contribution in [3.05, 3.63) is 71.8 Å². The molecule has 1 aliphatic heterocycles. The zero-order valence-corrected chi connectivity index (χ0v) is 16.6. The molecule has 0 spiro atoms. The third-order valence-corrected chi connectivity index (χ3v) is 5.18. The van der Waals surface area contributed by atoms with Crippen LogP contribution in [0.1, 0.15) is 30.4 Å². The molecule has 0 unspecified atom stereocenters. The Balaban J connectivity index is 1.43. The number of piperidine rings is 1. The molecule has 1 aliphatic rings. The Kier molecular flexibility index (Phi) is 7.56. The van der Waals surface area contributed by atoms with E-state index in [-0.39, 0.29) is 24.9 Å². The molecule has 1 heterocycles. The molecule has 3 rings (SSSR count). The number of esters is 1. The summed E-state index contributed by atoms with van der Waals surface area (Å²) in [4.78, 5) is 38.7. The first kappa shape index (κ1) is 20.8. The Morgan fingerprint density at radius 2 is 1.59 bits per heavy atom. The molecule has 0 aromatic heterocycles. The number of ether oxygens (including phenoxy) is 1. The van der Waals surface area contributed by atoms with Gasteiger partial charge < -0.3 is 9.64 Å². The predicted molar refractivity (Wildman–Crippen MR) is 110 cm³/mol. The Morgan fingerprint density at radius 1 is 0.931 bits per heavy atom. The maximum Gasteiger partial charge on any atom is 0.310 e. The first-order valence-electron chi connectivity index (χ1n) is 10.2. The van der Waals surface area contributed by atoms with Crippen LogP contribution in [-0.4, -0.2) is 42.3 Å². The fourth-order valence-corrected chi connectivity index (χ4v) is 3.60. The van der Waals surface area contributed by atoms with Gasteiger partial charge in [-0.15, -0.1) is 0 Å². The van der Waals surface area contributed by atoms with Crippen molar-refractivity contribution in [3.63, 3.8) is 0 Å². The topological polar surface area (TPSA) is 63.7 Å². The van der Waals surface area contributed by atoms with E-state index in [2.05, 4.69) is 12.1 Å². The number of rotatable bonds is 8. The lowest BCUT2D eigenvalue weighted by atomic mass is 9.97. The van der Waals surface area contributed by atoms with Gasteiger partial charge in [0.15, 0.2) is 0 Å². The molecule has 29 heavy (non-hydrogen) atoms. The van der Waals surface area contributed by atoms with E-state index in [1.807, 2.05) is 48.5 Å². The molecule has 1 saturated heterocycles. The van der Waals surface area contributed by atoms with Crippen LogP contribution in [0.15, 0.2) is 60.7 Å². The largest absolute Gasteiger partial charge is 0.465 e. The van der Waals surface area contributed by atoms with Gasteiger partial charge in [-0.1, -0.05) is 60.7 Å². The summed E-state index contributed by atoms with van der Waals surface area (Å²) in [6.45, 7) is 1.14. The quantitative estimate of drug-likeness (QED) is 0.392. The molecule has 0 saturated carbocycles. The lowest BCUT2D eigenvalue weighted by molar-refractivity contribution is -0.153. The van der Waals surface area contributed by atoms with Gasteiger partial charge in [-0.2, -0.15) is 0 Å². The van der Waals surface area contributed by atoms with Gasteiger partial charge in [0.2, 0.25) is 5.78 Å². The summed E-state index contributed by atoms with van der Waals surface area (Å²) < 4.78 is 5.43. The summed E-state index contributed by atoms with van der Waals surface area (Å²) in [6, 6.07) is 19.3.